The molecule has 1 amide bonds. The lowest BCUT2D eigenvalue weighted by Gasteiger charge is -2.21. The number of hydrogen-bond donors (Lipinski definition) is 3. The number of amides is 1. The average Bonchev–Trinajstić information content (AvgIpc) is 2.81. The van der Waals surface area contributed by atoms with E-state index in [9.17, 15) is 4.79 Å². The Bertz CT molecular complexity index is 604. The molecule has 1 heterocycles. The smallest absolute Gasteiger partial charge is 0.267 e. The molecule has 4 nitrogen and oxygen atoms in total. The molecule has 0 fully saturated rings. The van der Waals surface area contributed by atoms with Gasteiger partial charge >= 0.3 is 0 Å². The van der Waals surface area contributed by atoms with Gasteiger partial charge in [0.15, 0.2) is 0 Å². The van der Waals surface area contributed by atoms with Gasteiger partial charge in [-0.1, -0.05) is 12.1 Å². The molecule has 0 radical (unpaired) electrons. The summed E-state index contributed by atoms with van der Waals surface area (Å²) >= 11 is 1.73. The molecule has 0 aliphatic heterocycles. The molecule has 2 rings (SSSR count). The second-order valence-corrected chi connectivity index (χ2v) is 6.65. The van der Waals surface area contributed by atoms with Gasteiger partial charge in [-0.3, -0.25) is 4.79 Å². The number of rotatable bonds is 4. The number of thioether (sulfide) groups is 1. The molecule has 0 aliphatic carbocycles. The minimum atomic E-state index is -0.0993. The standard InChI is InChI=1S/C14H19N3OS/c1-14(2,19-3)8-16-13(18)11-7-9-5-4-6-10(15)12(9)17-11/h4-7,17H,8,15H2,1-3H3,(H,16,18). The first-order chi connectivity index (χ1) is 8.93. The van der Waals surface area contributed by atoms with Gasteiger partial charge in [0.25, 0.3) is 5.91 Å². The number of fused-ring (bicyclic) bond motifs is 1. The van der Waals surface area contributed by atoms with Crippen molar-refractivity contribution < 1.29 is 4.79 Å². The second kappa shape index (κ2) is 5.17. The lowest BCUT2D eigenvalue weighted by Crippen LogP contribution is -2.36. The number of nitrogens with two attached hydrogens (primary N) is 1. The Balaban J connectivity index is 2.16. The topological polar surface area (TPSA) is 70.9 Å². The van der Waals surface area contributed by atoms with E-state index in [2.05, 4.69) is 24.1 Å². The lowest BCUT2D eigenvalue weighted by atomic mass is 10.2. The number of hydrogen-bond acceptors (Lipinski definition) is 3. The van der Waals surface area contributed by atoms with Gasteiger partial charge in [-0.25, -0.2) is 0 Å². The SMILES string of the molecule is CSC(C)(C)CNC(=O)c1cc2cccc(N)c2[nH]1. The van der Waals surface area contributed by atoms with Crippen molar-refractivity contribution in [2.24, 2.45) is 0 Å². The van der Waals surface area contributed by atoms with Crippen LogP contribution < -0.4 is 11.1 Å². The molecule has 2 aromatic rings. The van der Waals surface area contributed by atoms with E-state index in [0.29, 0.717) is 17.9 Å². The number of carbonyl (C=O) groups is 1. The summed E-state index contributed by atoms with van der Waals surface area (Å²) < 4.78 is 0.0285. The van der Waals surface area contributed by atoms with E-state index in [-0.39, 0.29) is 10.7 Å². The molecule has 0 atom stereocenters. The van der Waals surface area contributed by atoms with Gasteiger partial charge in [-0.05, 0) is 32.2 Å². The summed E-state index contributed by atoms with van der Waals surface area (Å²) in [5, 5.41) is 3.89. The fourth-order valence-electron chi connectivity index (χ4n) is 1.76. The van der Waals surface area contributed by atoms with Gasteiger partial charge in [0.1, 0.15) is 5.69 Å². The third-order valence-electron chi connectivity index (χ3n) is 3.16. The van der Waals surface area contributed by atoms with Gasteiger partial charge < -0.3 is 16.0 Å². The third kappa shape index (κ3) is 3.04. The summed E-state index contributed by atoms with van der Waals surface area (Å²) in [5.41, 5.74) is 7.88. The number of nitrogens with one attached hydrogen (secondary N) is 2. The number of aromatic amines is 1. The Kier molecular flexibility index (Phi) is 3.75. The Morgan fingerprint density at radius 3 is 2.84 bits per heavy atom. The van der Waals surface area contributed by atoms with Crippen molar-refractivity contribution in [1.82, 2.24) is 10.3 Å². The largest absolute Gasteiger partial charge is 0.397 e. The first-order valence-electron chi connectivity index (χ1n) is 6.13. The summed E-state index contributed by atoms with van der Waals surface area (Å²) in [4.78, 5) is 15.2. The van der Waals surface area contributed by atoms with Crippen LogP contribution in [0.1, 0.15) is 24.3 Å². The first-order valence-corrected chi connectivity index (χ1v) is 7.36. The van der Waals surface area contributed by atoms with Gasteiger partial charge in [-0.2, -0.15) is 11.8 Å². The van der Waals surface area contributed by atoms with Crippen molar-refractivity contribution in [3.8, 4) is 0 Å². The second-order valence-electron chi connectivity index (χ2n) is 5.14. The van der Waals surface area contributed by atoms with Crippen LogP contribution in [0.25, 0.3) is 10.9 Å². The molecule has 0 saturated heterocycles. The van der Waals surface area contributed by atoms with E-state index in [1.807, 2.05) is 30.5 Å². The summed E-state index contributed by atoms with van der Waals surface area (Å²) in [6, 6.07) is 7.46. The maximum absolute atomic E-state index is 12.1. The van der Waals surface area contributed by atoms with E-state index in [1.54, 1.807) is 11.8 Å². The monoisotopic (exact) mass is 277 g/mol. The fraction of sp³-hybridized carbons (Fsp3) is 0.357. The van der Waals surface area contributed by atoms with E-state index >= 15 is 0 Å². The first kappa shape index (κ1) is 13.8. The van der Waals surface area contributed by atoms with Gasteiger partial charge in [0, 0.05) is 16.7 Å². The van der Waals surface area contributed by atoms with E-state index in [1.165, 1.54) is 0 Å². The Morgan fingerprint density at radius 1 is 1.47 bits per heavy atom. The Morgan fingerprint density at radius 2 is 2.21 bits per heavy atom. The summed E-state index contributed by atoms with van der Waals surface area (Å²) in [5.74, 6) is -0.0993. The van der Waals surface area contributed by atoms with Crippen molar-refractivity contribution in [2.45, 2.75) is 18.6 Å². The van der Waals surface area contributed by atoms with Crippen molar-refractivity contribution >= 4 is 34.3 Å². The van der Waals surface area contributed by atoms with Crippen LogP contribution in [0.3, 0.4) is 0 Å². The highest BCUT2D eigenvalue weighted by Crippen LogP contribution is 2.22. The quantitative estimate of drug-likeness (QED) is 0.752. The van der Waals surface area contributed by atoms with E-state index in [0.717, 1.165) is 10.9 Å². The fourth-order valence-corrected chi connectivity index (χ4v) is 1.98. The Labute approximate surface area is 117 Å². The average molecular weight is 277 g/mol. The molecule has 0 aliphatic rings. The predicted molar refractivity (Wildman–Crippen MR) is 82.6 cm³/mol. The zero-order valence-corrected chi connectivity index (χ0v) is 12.2. The molecule has 0 bridgehead atoms. The molecule has 0 saturated carbocycles. The highest BCUT2D eigenvalue weighted by Gasteiger charge is 2.18. The number of benzene rings is 1. The number of aromatic nitrogens is 1. The molecular weight excluding hydrogens is 258 g/mol. The number of nitrogen functional groups attached to an aromatic ring is 1. The van der Waals surface area contributed by atoms with Crippen molar-refractivity contribution in [3.63, 3.8) is 0 Å². The minimum absolute atomic E-state index is 0.0285. The minimum Gasteiger partial charge on any atom is -0.397 e. The van der Waals surface area contributed by atoms with E-state index in [4.69, 9.17) is 5.73 Å². The molecule has 19 heavy (non-hydrogen) atoms. The van der Waals surface area contributed by atoms with Crippen LogP contribution in [-0.2, 0) is 0 Å². The van der Waals surface area contributed by atoms with Gasteiger partial charge in [0.2, 0.25) is 0 Å². The van der Waals surface area contributed by atoms with E-state index < -0.39 is 0 Å². The van der Waals surface area contributed by atoms with Crippen LogP contribution in [0.2, 0.25) is 0 Å². The lowest BCUT2D eigenvalue weighted by molar-refractivity contribution is 0.0946. The molecule has 5 heteroatoms. The Hall–Kier alpha value is -1.62. The van der Waals surface area contributed by atoms with Crippen LogP contribution >= 0.6 is 11.8 Å². The molecule has 0 unspecified atom stereocenters. The van der Waals surface area contributed by atoms with Crippen molar-refractivity contribution in [1.29, 1.82) is 0 Å². The number of H-pyrrole nitrogens is 1. The van der Waals surface area contributed by atoms with Gasteiger partial charge in [-0.15, -0.1) is 0 Å². The number of carbonyl (C=O) groups excluding carboxylic acids is 1. The molecule has 102 valence electrons. The zero-order valence-electron chi connectivity index (χ0n) is 11.4. The highest BCUT2D eigenvalue weighted by atomic mass is 32.2. The maximum atomic E-state index is 12.1. The van der Waals surface area contributed by atoms with Crippen LogP contribution in [0, 0.1) is 0 Å². The normalized spacial score (nSPS) is 11.7. The number of anilines is 1. The summed E-state index contributed by atoms with van der Waals surface area (Å²) in [6.07, 6.45) is 2.04. The molecule has 1 aromatic carbocycles. The maximum Gasteiger partial charge on any atom is 0.267 e. The van der Waals surface area contributed by atoms with Crippen LogP contribution in [0.15, 0.2) is 24.3 Å². The molecule has 1 aromatic heterocycles. The van der Waals surface area contributed by atoms with Gasteiger partial charge in [0.05, 0.1) is 11.2 Å². The van der Waals surface area contributed by atoms with Crippen molar-refractivity contribution in [2.75, 3.05) is 18.5 Å². The zero-order chi connectivity index (χ0) is 14.0. The van der Waals surface area contributed by atoms with Crippen molar-refractivity contribution in [3.05, 3.63) is 30.0 Å². The van der Waals surface area contributed by atoms with Crippen LogP contribution in [0.5, 0.6) is 0 Å². The molecule has 0 spiro atoms. The summed E-state index contributed by atoms with van der Waals surface area (Å²) in [7, 11) is 0. The highest BCUT2D eigenvalue weighted by molar-refractivity contribution is 7.99. The third-order valence-corrected chi connectivity index (χ3v) is 4.41. The summed E-state index contributed by atoms with van der Waals surface area (Å²) in [6.45, 7) is 4.82. The molecular formula is C14H19N3OS. The number of para-hydroxylation sites is 1. The predicted octanol–water partition coefficient (Wildman–Crippen LogP) is 2.62. The molecule has 4 N–H and O–H groups in total. The van der Waals surface area contributed by atoms with Crippen LogP contribution in [-0.4, -0.2) is 28.4 Å². The van der Waals surface area contributed by atoms with Crippen LogP contribution in [0.4, 0.5) is 5.69 Å².